The summed E-state index contributed by atoms with van der Waals surface area (Å²) in [6.45, 7) is 1.75. The van der Waals surface area contributed by atoms with Gasteiger partial charge in [0, 0.05) is 5.02 Å². The fourth-order valence-corrected chi connectivity index (χ4v) is 2.35. The first-order valence-electron chi connectivity index (χ1n) is 7.14. The Labute approximate surface area is 142 Å². The SMILES string of the molecule is Cc1c(C(=O)OCc2ccc(F)cc2)nnn1-c1cccc(Cl)c1. The van der Waals surface area contributed by atoms with Gasteiger partial charge in [0.25, 0.3) is 0 Å². The Bertz CT molecular complexity index is 878. The minimum absolute atomic E-state index is 0.0303. The highest BCUT2D eigenvalue weighted by molar-refractivity contribution is 6.30. The molecule has 1 heterocycles. The van der Waals surface area contributed by atoms with Crippen LogP contribution in [0.4, 0.5) is 4.39 Å². The van der Waals surface area contributed by atoms with Crippen LogP contribution in [0, 0.1) is 12.7 Å². The fourth-order valence-electron chi connectivity index (χ4n) is 2.17. The quantitative estimate of drug-likeness (QED) is 0.676. The zero-order chi connectivity index (χ0) is 17.1. The molecular weight excluding hydrogens is 333 g/mol. The van der Waals surface area contributed by atoms with Crippen molar-refractivity contribution >= 4 is 17.6 Å². The molecule has 1 aromatic heterocycles. The van der Waals surface area contributed by atoms with Gasteiger partial charge >= 0.3 is 5.97 Å². The minimum Gasteiger partial charge on any atom is -0.456 e. The molecule has 0 N–H and O–H groups in total. The van der Waals surface area contributed by atoms with Crippen LogP contribution in [0.2, 0.25) is 5.02 Å². The predicted molar refractivity (Wildman–Crippen MR) is 86.6 cm³/mol. The topological polar surface area (TPSA) is 57.0 Å². The molecule has 3 aromatic rings. The summed E-state index contributed by atoms with van der Waals surface area (Å²) in [4.78, 5) is 12.2. The summed E-state index contributed by atoms with van der Waals surface area (Å²) in [5.74, 6) is -0.935. The molecule has 0 amide bonds. The Balaban J connectivity index is 1.75. The van der Waals surface area contributed by atoms with Crippen molar-refractivity contribution in [1.82, 2.24) is 15.0 Å². The lowest BCUT2D eigenvalue weighted by Crippen LogP contribution is -2.08. The molecule has 0 fully saturated rings. The van der Waals surface area contributed by atoms with Gasteiger partial charge in [-0.3, -0.25) is 0 Å². The Hall–Kier alpha value is -2.73. The molecule has 0 saturated carbocycles. The summed E-state index contributed by atoms with van der Waals surface area (Å²) in [5, 5.41) is 8.41. The summed E-state index contributed by atoms with van der Waals surface area (Å²) < 4.78 is 19.6. The summed E-state index contributed by atoms with van der Waals surface area (Å²) in [7, 11) is 0. The maximum atomic E-state index is 12.9. The number of aromatic nitrogens is 3. The van der Waals surface area contributed by atoms with Gasteiger partial charge in [-0.25, -0.2) is 13.9 Å². The molecule has 0 saturated heterocycles. The lowest BCUT2D eigenvalue weighted by atomic mass is 10.2. The number of carbonyl (C=O) groups excluding carboxylic acids is 1. The van der Waals surface area contributed by atoms with E-state index < -0.39 is 5.97 Å². The number of rotatable bonds is 4. The number of carbonyl (C=O) groups is 1. The second-order valence-corrected chi connectivity index (χ2v) is 5.55. The van der Waals surface area contributed by atoms with Gasteiger partial charge in [-0.1, -0.05) is 35.0 Å². The maximum absolute atomic E-state index is 12.9. The third-order valence-electron chi connectivity index (χ3n) is 3.42. The van der Waals surface area contributed by atoms with E-state index >= 15 is 0 Å². The van der Waals surface area contributed by atoms with Crippen molar-refractivity contribution in [3.05, 3.63) is 76.3 Å². The summed E-state index contributed by atoms with van der Waals surface area (Å²) in [6.07, 6.45) is 0. The molecule has 0 radical (unpaired) electrons. The van der Waals surface area contributed by atoms with Crippen LogP contribution in [0.15, 0.2) is 48.5 Å². The molecule has 24 heavy (non-hydrogen) atoms. The number of benzene rings is 2. The number of halogens is 2. The van der Waals surface area contributed by atoms with Crippen LogP contribution in [0.1, 0.15) is 21.7 Å². The van der Waals surface area contributed by atoms with Crippen LogP contribution in [0.3, 0.4) is 0 Å². The normalized spacial score (nSPS) is 10.6. The van der Waals surface area contributed by atoms with Crippen molar-refractivity contribution in [3.63, 3.8) is 0 Å². The first-order valence-corrected chi connectivity index (χ1v) is 7.52. The third kappa shape index (κ3) is 3.44. The fraction of sp³-hybridized carbons (Fsp3) is 0.118. The Morgan fingerprint density at radius 2 is 2.00 bits per heavy atom. The molecule has 3 rings (SSSR count). The molecule has 0 spiro atoms. The van der Waals surface area contributed by atoms with Gasteiger partial charge in [0.15, 0.2) is 5.69 Å². The number of nitrogens with zero attached hydrogens (tertiary/aromatic N) is 3. The largest absolute Gasteiger partial charge is 0.456 e. The smallest absolute Gasteiger partial charge is 0.361 e. The zero-order valence-electron chi connectivity index (χ0n) is 12.7. The van der Waals surface area contributed by atoms with Gasteiger partial charge in [-0.05, 0) is 42.8 Å². The second-order valence-electron chi connectivity index (χ2n) is 5.12. The van der Waals surface area contributed by atoms with Crippen LogP contribution in [0.25, 0.3) is 5.69 Å². The van der Waals surface area contributed by atoms with Gasteiger partial charge < -0.3 is 4.74 Å². The van der Waals surface area contributed by atoms with Crippen LogP contribution >= 0.6 is 11.6 Å². The average molecular weight is 346 g/mol. The van der Waals surface area contributed by atoms with E-state index in [1.807, 2.05) is 0 Å². The van der Waals surface area contributed by atoms with E-state index in [-0.39, 0.29) is 18.1 Å². The predicted octanol–water partition coefficient (Wildman–Crippen LogP) is 3.73. The summed E-state index contributed by atoms with van der Waals surface area (Å²) >= 11 is 5.97. The highest BCUT2D eigenvalue weighted by Gasteiger charge is 2.19. The van der Waals surface area contributed by atoms with E-state index in [9.17, 15) is 9.18 Å². The molecule has 0 aliphatic carbocycles. The molecular formula is C17H13ClFN3O2. The molecule has 0 aliphatic heterocycles. The Morgan fingerprint density at radius 3 is 2.71 bits per heavy atom. The van der Waals surface area contributed by atoms with Crippen molar-refractivity contribution in [2.45, 2.75) is 13.5 Å². The van der Waals surface area contributed by atoms with Gasteiger partial charge in [0.2, 0.25) is 0 Å². The lowest BCUT2D eigenvalue weighted by molar-refractivity contribution is 0.0464. The van der Waals surface area contributed by atoms with Crippen molar-refractivity contribution in [1.29, 1.82) is 0 Å². The number of ether oxygens (including phenoxy) is 1. The van der Waals surface area contributed by atoms with E-state index in [0.29, 0.717) is 22.0 Å². The lowest BCUT2D eigenvalue weighted by Gasteiger charge is -2.05. The van der Waals surface area contributed by atoms with Gasteiger partial charge in [0.1, 0.15) is 12.4 Å². The molecule has 5 nitrogen and oxygen atoms in total. The van der Waals surface area contributed by atoms with Crippen LogP contribution in [-0.4, -0.2) is 21.0 Å². The first-order chi connectivity index (χ1) is 11.5. The molecule has 7 heteroatoms. The first kappa shape index (κ1) is 16.1. The van der Waals surface area contributed by atoms with E-state index in [1.165, 1.54) is 16.8 Å². The molecule has 0 aliphatic rings. The highest BCUT2D eigenvalue weighted by Crippen LogP contribution is 2.17. The zero-order valence-corrected chi connectivity index (χ0v) is 13.5. The average Bonchev–Trinajstić information content (AvgIpc) is 2.96. The van der Waals surface area contributed by atoms with Gasteiger partial charge in [-0.15, -0.1) is 5.10 Å². The Kier molecular flexibility index (Phi) is 4.57. The minimum atomic E-state index is -0.592. The molecule has 0 atom stereocenters. The molecule has 0 unspecified atom stereocenters. The van der Waals surface area contributed by atoms with Crippen molar-refractivity contribution in [2.24, 2.45) is 0 Å². The van der Waals surface area contributed by atoms with Crippen molar-refractivity contribution < 1.29 is 13.9 Å². The Morgan fingerprint density at radius 1 is 1.25 bits per heavy atom. The number of hydrogen-bond acceptors (Lipinski definition) is 4. The second kappa shape index (κ2) is 6.80. The number of esters is 1. The van der Waals surface area contributed by atoms with E-state index in [2.05, 4.69) is 10.3 Å². The van der Waals surface area contributed by atoms with Gasteiger partial charge in [0.05, 0.1) is 11.4 Å². The van der Waals surface area contributed by atoms with Crippen LogP contribution < -0.4 is 0 Å². The molecule has 2 aromatic carbocycles. The maximum Gasteiger partial charge on any atom is 0.361 e. The van der Waals surface area contributed by atoms with Crippen LogP contribution in [-0.2, 0) is 11.3 Å². The number of hydrogen-bond donors (Lipinski definition) is 0. The van der Waals surface area contributed by atoms with E-state index in [4.69, 9.17) is 16.3 Å². The van der Waals surface area contributed by atoms with E-state index in [0.717, 1.165) is 0 Å². The van der Waals surface area contributed by atoms with Crippen molar-refractivity contribution in [2.75, 3.05) is 0 Å². The molecule has 122 valence electrons. The van der Waals surface area contributed by atoms with E-state index in [1.54, 1.807) is 43.3 Å². The standard InChI is InChI=1S/C17H13ClFN3O2/c1-11-16(17(23)24-10-12-5-7-14(19)8-6-12)20-21-22(11)15-4-2-3-13(18)9-15/h2-9H,10H2,1H3. The summed E-state index contributed by atoms with van der Waals surface area (Å²) in [5.41, 5.74) is 2.05. The van der Waals surface area contributed by atoms with Gasteiger partial charge in [-0.2, -0.15) is 0 Å². The molecule has 0 bridgehead atoms. The third-order valence-corrected chi connectivity index (χ3v) is 3.66. The van der Waals surface area contributed by atoms with Crippen LogP contribution in [0.5, 0.6) is 0 Å². The highest BCUT2D eigenvalue weighted by atomic mass is 35.5. The van der Waals surface area contributed by atoms with Crippen molar-refractivity contribution in [3.8, 4) is 5.69 Å². The monoisotopic (exact) mass is 345 g/mol. The summed E-state index contributed by atoms with van der Waals surface area (Å²) in [6, 6.07) is 12.8.